The van der Waals surface area contributed by atoms with Crippen molar-refractivity contribution in [2.45, 2.75) is 55.4 Å². The maximum Gasteiger partial charge on any atom is 0.328 e. The molecule has 0 aliphatic heterocycles. The summed E-state index contributed by atoms with van der Waals surface area (Å²) in [5.41, 5.74) is 11.9. The van der Waals surface area contributed by atoms with Gasteiger partial charge in [-0.1, -0.05) is 68.1 Å². The minimum absolute atomic E-state index is 0.119. The van der Waals surface area contributed by atoms with Gasteiger partial charge in [0.1, 0.15) is 5.54 Å². The Morgan fingerprint density at radius 3 is 2.18 bits per heavy atom. The lowest BCUT2D eigenvalue weighted by molar-refractivity contribution is -0.144. The Morgan fingerprint density at radius 2 is 1.50 bits per heavy atom. The molecule has 0 aliphatic carbocycles. The first-order valence-corrected chi connectivity index (χ1v) is 10.4. The monoisotopic (exact) mass is 400 g/mol. The molecule has 0 saturated heterocycles. The fourth-order valence-electron chi connectivity index (χ4n) is 3.06. The zero-order chi connectivity index (χ0) is 20.4. The number of hydrogen-bond acceptors (Lipinski definition) is 5. The fraction of sp³-hybridized carbons (Fsp3) is 0.364. The van der Waals surface area contributed by atoms with Gasteiger partial charge in [-0.25, -0.2) is 4.79 Å². The quantitative estimate of drug-likeness (QED) is 0.290. The molecule has 0 radical (unpaired) electrons. The average molecular weight is 401 g/mol. The van der Waals surface area contributed by atoms with Crippen LogP contribution < -0.4 is 11.5 Å². The van der Waals surface area contributed by atoms with Crippen LogP contribution in [0.4, 0.5) is 5.69 Å². The second-order valence-electron chi connectivity index (χ2n) is 6.92. The van der Waals surface area contributed by atoms with Crippen molar-refractivity contribution in [2.75, 3.05) is 5.73 Å². The van der Waals surface area contributed by atoms with E-state index in [1.165, 1.54) is 11.8 Å². The molecule has 0 bridgehead atoms. The zero-order valence-corrected chi connectivity index (χ0v) is 16.8. The summed E-state index contributed by atoms with van der Waals surface area (Å²) in [5, 5.41) is 9.67. The van der Waals surface area contributed by atoms with Gasteiger partial charge < -0.3 is 16.6 Å². The molecule has 0 saturated carbocycles. The van der Waals surface area contributed by atoms with E-state index < -0.39 is 11.5 Å². The minimum atomic E-state index is -1.34. The lowest BCUT2D eigenvalue weighted by Gasteiger charge is -2.25. The van der Waals surface area contributed by atoms with Crippen molar-refractivity contribution >= 4 is 28.5 Å². The predicted octanol–water partition coefficient (Wildman–Crippen LogP) is 4.56. The van der Waals surface area contributed by atoms with Crippen LogP contribution in [0.15, 0.2) is 59.5 Å². The van der Waals surface area contributed by atoms with E-state index >= 15 is 0 Å². The van der Waals surface area contributed by atoms with Gasteiger partial charge in [0.05, 0.1) is 0 Å². The summed E-state index contributed by atoms with van der Waals surface area (Å²) >= 11 is 1.20. The van der Waals surface area contributed by atoms with E-state index in [0.29, 0.717) is 24.1 Å². The first kappa shape index (κ1) is 22.0. The molecular formula is C22H28N2O3S. The normalized spacial score (nSPS) is 13.0. The molecule has 2 aromatic carbocycles. The number of carboxylic acid groups (broad SMARTS) is 1. The lowest BCUT2D eigenvalue weighted by Crippen LogP contribution is -2.44. The molecule has 150 valence electrons. The van der Waals surface area contributed by atoms with Gasteiger partial charge in [0.25, 0.3) is 0 Å². The first-order chi connectivity index (χ1) is 13.4. The maximum atomic E-state index is 12.0. The van der Waals surface area contributed by atoms with Crippen LogP contribution in [0.25, 0.3) is 0 Å². The van der Waals surface area contributed by atoms with Crippen molar-refractivity contribution in [1.82, 2.24) is 0 Å². The van der Waals surface area contributed by atoms with Crippen molar-refractivity contribution < 1.29 is 14.7 Å². The molecule has 2 rings (SSSR count). The van der Waals surface area contributed by atoms with Crippen molar-refractivity contribution in [3.05, 3.63) is 60.2 Å². The standard InChI is InChI=1S/C22H28N2O3S/c23-18-13-8-9-14-19(18)28-20(25)15-7-2-1-3-10-16-22(24,21(26)27)17-11-5-4-6-12-17/h4-6,8-9,11-14H,1-3,7,10,15-16,23-24H2,(H,26,27). The summed E-state index contributed by atoms with van der Waals surface area (Å²) < 4.78 is 0. The van der Waals surface area contributed by atoms with Gasteiger partial charge in [0.15, 0.2) is 5.12 Å². The van der Waals surface area contributed by atoms with Crippen LogP contribution in [-0.2, 0) is 15.1 Å². The smallest absolute Gasteiger partial charge is 0.328 e. The van der Waals surface area contributed by atoms with Crippen LogP contribution in [0, 0.1) is 0 Å². The van der Waals surface area contributed by atoms with Crippen LogP contribution in [0.1, 0.15) is 50.5 Å². The molecule has 0 spiro atoms. The van der Waals surface area contributed by atoms with Crippen LogP contribution in [0.3, 0.4) is 0 Å². The van der Waals surface area contributed by atoms with E-state index in [2.05, 4.69) is 0 Å². The van der Waals surface area contributed by atoms with E-state index in [0.717, 1.165) is 37.0 Å². The third-order valence-electron chi connectivity index (χ3n) is 4.77. The number of nitrogen functional groups attached to an aromatic ring is 1. The molecule has 5 N–H and O–H groups in total. The number of unbranched alkanes of at least 4 members (excludes halogenated alkanes) is 4. The highest BCUT2D eigenvalue weighted by molar-refractivity contribution is 8.13. The molecule has 0 aliphatic rings. The van der Waals surface area contributed by atoms with Crippen LogP contribution >= 0.6 is 11.8 Å². The number of rotatable bonds is 11. The van der Waals surface area contributed by atoms with E-state index in [-0.39, 0.29) is 5.12 Å². The van der Waals surface area contributed by atoms with Gasteiger partial charge in [-0.3, -0.25) is 4.79 Å². The van der Waals surface area contributed by atoms with Gasteiger partial charge in [-0.2, -0.15) is 0 Å². The van der Waals surface area contributed by atoms with Gasteiger partial charge in [0, 0.05) is 17.0 Å². The van der Waals surface area contributed by atoms with Crippen LogP contribution in [0.2, 0.25) is 0 Å². The molecule has 0 aromatic heterocycles. The Labute approximate surface area is 170 Å². The molecule has 6 heteroatoms. The molecular weight excluding hydrogens is 372 g/mol. The number of benzene rings is 2. The summed E-state index contributed by atoms with van der Waals surface area (Å²) in [6.07, 6.45) is 5.26. The number of carboxylic acids is 1. The van der Waals surface area contributed by atoms with E-state index in [1.54, 1.807) is 30.3 Å². The highest BCUT2D eigenvalue weighted by Gasteiger charge is 2.35. The Bertz CT molecular complexity index is 782. The van der Waals surface area contributed by atoms with Crippen molar-refractivity contribution in [3.8, 4) is 0 Å². The van der Waals surface area contributed by atoms with Crippen molar-refractivity contribution in [2.24, 2.45) is 5.73 Å². The summed E-state index contributed by atoms with van der Waals surface area (Å²) in [6, 6.07) is 16.3. The third-order valence-corrected chi connectivity index (χ3v) is 5.79. The Balaban J connectivity index is 1.65. The molecule has 28 heavy (non-hydrogen) atoms. The highest BCUT2D eigenvalue weighted by Crippen LogP contribution is 2.28. The second kappa shape index (κ2) is 10.9. The number of para-hydroxylation sites is 1. The summed E-state index contributed by atoms with van der Waals surface area (Å²) in [4.78, 5) is 24.5. The van der Waals surface area contributed by atoms with Gasteiger partial charge in [0.2, 0.25) is 0 Å². The summed E-state index contributed by atoms with van der Waals surface area (Å²) in [5.74, 6) is -0.999. The Kier molecular flexibility index (Phi) is 8.54. The zero-order valence-electron chi connectivity index (χ0n) is 16.0. The summed E-state index contributed by atoms with van der Waals surface area (Å²) in [7, 11) is 0. The van der Waals surface area contributed by atoms with E-state index in [4.69, 9.17) is 11.5 Å². The number of anilines is 1. The predicted molar refractivity (Wildman–Crippen MR) is 114 cm³/mol. The second-order valence-corrected chi connectivity index (χ2v) is 8.02. The Morgan fingerprint density at radius 1 is 0.893 bits per heavy atom. The molecule has 2 aromatic rings. The number of aliphatic carboxylic acids is 1. The minimum Gasteiger partial charge on any atom is -0.480 e. The highest BCUT2D eigenvalue weighted by atomic mass is 32.2. The Hall–Kier alpha value is -2.31. The largest absolute Gasteiger partial charge is 0.480 e. The SMILES string of the molecule is Nc1ccccc1SC(=O)CCCCCCCC(N)(C(=O)O)c1ccccc1. The number of carbonyl (C=O) groups is 2. The van der Waals surface area contributed by atoms with Crippen LogP contribution in [-0.4, -0.2) is 16.2 Å². The maximum absolute atomic E-state index is 12.0. The topological polar surface area (TPSA) is 106 Å². The number of nitrogens with two attached hydrogens (primary N) is 2. The van der Waals surface area contributed by atoms with E-state index in [9.17, 15) is 14.7 Å². The van der Waals surface area contributed by atoms with Gasteiger partial charge >= 0.3 is 5.97 Å². The average Bonchev–Trinajstić information content (AvgIpc) is 2.69. The summed E-state index contributed by atoms with van der Waals surface area (Å²) in [6.45, 7) is 0. The van der Waals surface area contributed by atoms with Crippen molar-refractivity contribution in [1.29, 1.82) is 0 Å². The van der Waals surface area contributed by atoms with E-state index in [1.807, 2.05) is 24.3 Å². The molecule has 5 nitrogen and oxygen atoms in total. The molecule has 1 unspecified atom stereocenters. The van der Waals surface area contributed by atoms with Gasteiger partial charge in [-0.05, 0) is 42.3 Å². The number of hydrogen-bond donors (Lipinski definition) is 3. The first-order valence-electron chi connectivity index (χ1n) is 9.56. The van der Waals surface area contributed by atoms with Gasteiger partial charge in [-0.15, -0.1) is 0 Å². The lowest BCUT2D eigenvalue weighted by atomic mass is 9.85. The molecule has 0 heterocycles. The molecule has 0 amide bonds. The van der Waals surface area contributed by atoms with Crippen LogP contribution in [0.5, 0.6) is 0 Å². The number of carbonyl (C=O) groups excluding carboxylic acids is 1. The molecule has 0 fully saturated rings. The number of thioether (sulfide) groups is 1. The fourth-order valence-corrected chi connectivity index (χ4v) is 3.89. The third kappa shape index (κ3) is 6.39. The van der Waals surface area contributed by atoms with Crippen molar-refractivity contribution in [3.63, 3.8) is 0 Å². The molecule has 1 atom stereocenters.